The van der Waals surface area contributed by atoms with Gasteiger partial charge in [-0.05, 0) is 43.5 Å². The van der Waals surface area contributed by atoms with E-state index < -0.39 is 8.32 Å². The minimum Gasteiger partial charge on any atom is -0.413 e. The van der Waals surface area contributed by atoms with Crippen LogP contribution in [-0.2, 0) is 14.0 Å². The average Bonchev–Trinajstić information content (AvgIpc) is 2.37. The fourth-order valence-corrected chi connectivity index (χ4v) is 4.97. The molecule has 0 aromatic heterocycles. The number of ketones is 2. The highest BCUT2D eigenvalue weighted by Crippen LogP contribution is 2.50. The predicted octanol–water partition coefficient (Wildman–Crippen LogP) is 4.43. The molecule has 0 radical (unpaired) electrons. The van der Waals surface area contributed by atoms with E-state index in [-0.39, 0.29) is 28.1 Å². The Hall–Kier alpha value is -0.743. The lowest BCUT2D eigenvalue weighted by atomic mass is 9.62. The lowest BCUT2D eigenvalue weighted by molar-refractivity contribution is -0.125. The molecule has 0 spiro atoms. The van der Waals surface area contributed by atoms with Crippen LogP contribution in [0.3, 0.4) is 0 Å². The fourth-order valence-electron chi connectivity index (χ4n) is 3.53. The molecule has 124 valence electrons. The molecular formula is C18H30O3Si. The lowest BCUT2D eigenvalue weighted by Gasteiger charge is -2.50. The van der Waals surface area contributed by atoms with Crippen molar-refractivity contribution in [3.8, 4) is 0 Å². The fraction of sp³-hybridized carbons (Fsp3) is 0.778. The Kier molecular flexibility index (Phi) is 4.33. The quantitative estimate of drug-likeness (QED) is 0.707. The van der Waals surface area contributed by atoms with Crippen molar-refractivity contribution in [3.05, 3.63) is 11.1 Å². The van der Waals surface area contributed by atoms with Gasteiger partial charge in [0.1, 0.15) is 0 Å². The summed E-state index contributed by atoms with van der Waals surface area (Å²) in [5, 5.41) is 0.147. The molecule has 0 unspecified atom stereocenters. The monoisotopic (exact) mass is 322 g/mol. The average molecular weight is 323 g/mol. The molecule has 2 atom stereocenters. The first-order chi connectivity index (χ1) is 9.90. The van der Waals surface area contributed by atoms with Crippen LogP contribution in [0.4, 0.5) is 0 Å². The number of hydrogen-bond acceptors (Lipinski definition) is 3. The van der Waals surface area contributed by atoms with Crippen LogP contribution in [-0.4, -0.2) is 26.0 Å². The van der Waals surface area contributed by atoms with Crippen LogP contribution in [0.5, 0.6) is 0 Å². The Bertz CT molecular complexity index is 539. The molecule has 1 fully saturated rings. The van der Waals surface area contributed by atoms with Gasteiger partial charge in [-0.3, -0.25) is 9.59 Å². The van der Waals surface area contributed by atoms with E-state index in [4.69, 9.17) is 4.43 Å². The van der Waals surface area contributed by atoms with Crippen molar-refractivity contribution in [1.82, 2.24) is 0 Å². The third kappa shape index (κ3) is 2.76. The van der Waals surface area contributed by atoms with Crippen molar-refractivity contribution in [2.24, 2.45) is 5.41 Å². The molecule has 3 nitrogen and oxygen atoms in total. The summed E-state index contributed by atoms with van der Waals surface area (Å²) < 4.78 is 6.69. The maximum Gasteiger partial charge on any atom is 0.192 e. The van der Waals surface area contributed by atoms with Crippen LogP contribution in [0, 0.1) is 5.41 Å². The minimum absolute atomic E-state index is 0.0594. The Labute approximate surface area is 135 Å². The van der Waals surface area contributed by atoms with Crippen LogP contribution >= 0.6 is 0 Å². The Morgan fingerprint density at radius 3 is 2.27 bits per heavy atom. The first kappa shape index (κ1) is 17.6. The summed E-state index contributed by atoms with van der Waals surface area (Å²) in [5.41, 5.74) is 1.16. The second-order valence-corrected chi connectivity index (χ2v) is 13.4. The van der Waals surface area contributed by atoms with Crippen LogP contribution in [0.2, 0.25) is 18.1 Å². The summed E-state index contributed by atoms with van der Waals surface area (Å²) in [7, 11) is -1.90. The highest BCUT2D eigenvalue weighted by atomic mass is 28.4. The van der Waals surface area contributed by atoms with Gasteiger partial charge in [0.2, 0.25) is 0 Å². The second kappa shape index (κ2) is 5.41. The number of carbonyl (C=O) groups excluding carboxylic acids is 2. The predicted molar refractivity (Wildman–Crippen MR) is 91.4 cm³/mol. The Morgan fingerprint density at radius 2 is 1.73 bits per heavy atom. The van der Waals surface area contributed by atoms with Gasteiger partial charge in [0.05, 0.1) is 6.10 Å². The van der Waals surface area contributed by atoms with Crippen molar-refractivity contribution in [1.29, 1.82) is 0 Å². The summed E-state index contributed by atoms with van der Waals surface area (Å²) in [6, 6.07) is 0. The van der Waals surface area contributed by atoms with E-state index in [9.17, 15) is 9.59 Å². The van der Waals surface area contributed by atoms with Crippen molar-refractivity contribution < 1.29 is 14.0 Å². The van der Waals surface area contributed by atoms with E-state index in [2.05, 4.69) is 40.8 Å². The molecule has 0 aromatic rings. The van der Waals surface area contributed by atoms with Gasteiger partial charge in [-0.1, -0.05) is 27.7 Å². The largest absolute Gasteiger partial charge is 0.413 e. The molecular weight excluding hydrogens is 292 g/mol. The van der Waals surface area contributed by atoms with Crippen molar-refractivity contribution >= 4 is 19.9 Å². The van der Waals surface area contributed by atoms with Gasteiger partial charge in [-0.25, -0.2) is 0 Å². The van der Waals surface area contributed by atoms with E-state index in [1.165, 1.54) is 0 Å². The van der Waals surface area contributed by atoms with Crippen molar-refractivity contribution in [2.45, 2.75) is 84.5 Å². The van der Waals surface area contributed by atoms with E-state index in [1.54, 1.807) is 0 Å². The molecule has 0 bridgehead atoms. The maximum absolute atomic E-state index is 12.4. The van der Waals surface area contributed by atoms with Gasteiger partial charge in [0, 0.05) is 23.8 Å². The van der Waals surface area contributed by atoms with Gasteiger partial charge < -0.3 is 4.43 Å². The Balaban J connectivity index is 2.40. The smallest absolute Gasteiger partial charge is 0.192 e. The van der Waals surface area contributed by atoms with Crippen LogP contribution in [0.1, 0.15) is 60.3 Å². The third-order valence-corrected chi connectivity index (χ3v) is 10.6. The molecule has 2 rings (SSSR count). The minimum atomic E-state index is -1.90. The van der Waals surface area contributed by atoms with Gasteiger partial charge >= 0.3 is 0 Å². The maximum atomic E-state index is 12.4. The number of Topliss-reactive ketones (excluding diaryl/α,β-unsaturated/α-hetero) is 2. The molecule has 0 amide bonds. The standard InChI is InChI=1S/C18H30O3Si/c1-12-13(19)10-11-18(5)15(9-8-14(20)16(12)18)21-22(6,7)17(2,3)4/h15H,8-11H2,1-7H3/t15-,18+/m0/s1. The molecule has 2 aliphatic rings. The zero-order valence-electron chi connectivity index (χ0n) is 15.1. The number of fused-ring (bicyclic) bond motifs is 1. The first-order valence-electron chi connectivity index (χ1n) is 8.36. The molecule has 0 N–H and O–H groups in total. The second-order valence-electron chi connectivity index (χ2n) is 8.67. The summed E-state index contributed by atoms with van der Waals surface area (Å²) in [5.74, 6) is 0.289. The Morgan fingerprint density at radius 1 is 1.14 bits per heavy atom. The lowest BCUT2D eigenvalue weighted by Crippen LogP contribution is -2.53. The van der Waals surface area contributed by atoms with E-state index in [1.807, 2.05) is 6.92 Å². The molecule has 2 aliphatic carbocycles. The zero-order chi connectivity index (χ0) is 16.9. The topological polar surface area (TPSA) is 43.4 Å². The first-order valence-corrected chi connectivity index (χ1v) is 11.3. The van der Waals surface area contributed by atoms with E-state index >= 15 is 0 Å². The summed E-state index contributed by atoms with van der Waals surface area (Å²) in [4.78, 5) is 24.5. The summed E-state index contributed by atoms with van der Waals surface area (Å²) in [6.07, 6.45) is 2.63. The van der Waals surface area contributed by atoms with Gasteiger partial charge in [0.25, 0.3) is 0 Å². The van der Waals surface area contributed by atoms with Gasteiger partial charge in [0.15, 0.2) is 19.9 Å². The molecule has 0 aliphatic heterocycles. The van der Waals surface area contributed by atoms with Gasteiger partial charge in [-0.2, -0.15) is 0 Å². The van der Waals surface area contributed by atoms with E-state index in [0.29, 0.717) is 18.4 Å². The molecule has 22 heavy (non-hydrogen) atoms. The molecule has 0 saturated heterocycles. The number of hydrogen-bond donors (Lipinski definition) is 0. The van der Waals surface area contributed by atoms with Crippen molar-refractivity contribution in [3.63, 3.8) is 0 Å². The molecule has 4 heteroatoms. The third-order valence-electron chi connectivity index (χ3n) is 6.10. The van der Waals surface area contributed by atoms with Crippen LogP contribution < -0.4 is 0 Å². The van der Waals surface area contributed by atoms with Crippen LogP contribution in [0.15, 0.2) is 11.1 Å². The summed E-state index contributed by atoms with van der Waals surface area (Å²) >= 11 is 0. The molecule has 1 saturated carbocycles. The molecule has 0 aromatic carbocycles. The SMILES string of the molecule is CC1=C2C(=O)CC[C@H](O[Si](C)(C)C(C)(C)C)[C@@]2(C)CCC1=O. The normalized spacial score (nSPS) is 30.6. The highest BCUT2D eigenvalue weighted by molar-refractivity contribution is 6.74. The van der Waals surface area contributed by atoms with Gasteiger partial charge in [-0.15, -0.1) is 0 Å². The van der Waals surface area contributed by atoms with Crippen LogP contribution in [0.25, 0.3) is 0 Å². The molecule has 0 heterocycles. The van der Waals surface area contributed by atoms with E-state index in [0.717, 1.165) is 18.4 Å². The number of allylic oxidation sites excluding steroid dienone is 1. The zero-order valence-corrected chi connectivity index (χ0v) is 16.1. The number of carbonyl (C=O) groups is 2. The number of rotatable bonds is 2. The van der Waals surface area contributed by atoms with Crippen molar-refractivity contribution in [2.75, 3.05) is 0 Å². The highest BCUT2D eigenvalue weighted by Gasteiger charge is 2.51. The summed E-state index contributed by atoms with van der Waals surface area (Å²) in [6.45, 7) is 15.2.